The molecule has 1 unspecified atom stereocenters. The van der Waals surface area contributed by atoms with Crippen LogP contribution in [0.1, 0.15) is 13.3 Å². The lowest BCUT2D eigenvalue weighted by molar-refractivity contribution is -0.145. The first-order valence-corrected chi connectivity index (χ1v) is 9.65. The van der Waals surface area contributed by atoms with Crippen molar-refractivity contribution in [2.75, 3.05) is 4.72 Å². The Morgan fingerprint density at radius 1 is 1.17 bits per heavy atom. The van der Waals surface area contributed by atoms with Gasteiger partial charge >= 0.3 is 22.2 Å². The fraction of sp³-hybridized carbons (Fsp3) is 0.167. The zero-order valence-electron chi connectivity index (χ0n) is 15.2. The number of benzene rings is 1. The van der Waals surface area contributed by atoms with Crippen molar-refractivity contribution in [2.24, 2.45) is 5.41 Å². The minimum atomic E-state index is -4.22. The molecule has 29 heavy (non-hydrogen) atoms. The van der Waals surface area contributed by atoms with Gasteiger partial charge in [-0.2, -0.15) is 13.5 Å². The van der Waals surface area contributed by atoms with E-state index in [2.05, 4.69) is 10.2 Å². The number of aromatic nitrogens is 2. The Bertz CT molecular complexity index is 1040. The van der Waals surface area contributed by atoms with Gasteiger partial charge in [0.05, 0.1) is 16.8 Å². The van der Waals surface area contributed by atoms with Crippen LogP contribution in [0.2, 0.25) is 0 Å². The highest BCUT2D eigenvalue weighted by Crippen LogP contribution is 2.31. The molecule has 5 N–H and O–H groups in total. The highest BCUT2D eigenvalue weighted by molar-refractivity contribution is 7.87. The fourth-order valence-corrected chi connectivity index (χ4v) is 2.90. The molecule has 1 aliphatic carbocycles. The predicted molar refractivity (Wildman–Crippen MR) is 104 cm³/mol. The van der Waals surface area contributed by atoms with Crippen molar-refractivity contribution in [3.63, 3.8) is 0 Å². The van der Waals surface area contributed by atoms with E-state index in [1.165, 1.54) is 37.3 Å². The molecule has 0 saturated carbocycles. The van der Waals surface area contributed by atoms with Crippen molar-refractivity contribution in [1.29, 1.82) is 0 Å². The van der Waals surface area contributed by atoms with Crippen LogP contribution in [-0.4, -0.2) is 45.3 Å². The van der Waals surface area contributed by atoms with E-state index in [-0.39, 0.29) is 12.0 Å². The van der Waals surface area contributed by atoms with Gasteiger partial charge in [-0.15, -0.1) is 0 Å². The molecule has 11 heteroatoms. The van der Waals surface area contributed by atoms with E-state index >= 15 is 0 Å². The Balaban J connectivity index is 0.000000212. The van der Waals surface area contributed by atoms with Crippen molar-refractivity contribution < 1.29 is 32.8 Å². The van der Waals surface area contributed by atoms with Gasteiger partial charge in [0, 0.05) is 17.3 Å². The molecule has 0 amide bonds. The summed E-state index contributed by atoms with van der Waals surface area (Å²) in [4.78, 5) is 21.3. The molecule has 1 heterocycles. The monoisotopic (exact) mass is 421 g/mol. The number of hydrogen-bond donors (Lipinski definition) is 5. The molecule has 1 aliphatic rings. The first-order valence-electron chi connectivity index (χ1n) is 8.21. The predicted octanol–water partition coefficient (Wildman–Crippen LogP) is 2.34. The zero-order chi connectivity index (χ0) is 21.7. The minimum absolute atomic E-state index is 0.0359. The highest BCUT2D eigenvalue weighted by Gasteiger charge is 2.34. The van der Waals surface area contributed by atoms with E-state index in [0.29, 0.717) is 5.69 Å². The first-order chi connectivity index (χ1) is 13.5. The number of aliphatic carboxylic acids is 2. The highest BCUT2D eigenvalue weighted by atomic mass is 32.2. The van der Waals surface area contributed by atoms with Crippen LogP contribution < -0.4 is 4.72 Å². The van der Waals surface area contributed by atoms with Crippen LogP contribution >= 0.6 is 0 Å². The second-order valence-corrected chi connectivity index (χ2v) is 7.52. The van der Waals surface area contributed by atoms with E-state index < -0.39 is 27.7 Å². The van der Waals surface area contributed by atoms with Gasteiger partial charge in [-0.1, -0.05) is 30.4 Å². The minimum Gasteiger partial charge on any atom is -0.481 e. The lowest BCUT2D eigenvalue weighted by atomic mass is 9.80. The van der Waals surface area contributed by atoms with Gasteiger partial charge < -0.3 is 10.2 Å². The van der Waals surface area contributed by atoms with E-state index in [4.69, 9.17) is 14.8 Å². The number of carboxylic acids is 2. The number of H-pyrrole nitrogens is 1. The summed E-state index contributed by atoms with van der Waals surface area (Å²) in [6.45, 7) is 1.50. The molecule has 154 valence electrons. The van der Waals surface area contributed by atoms with Crippen molar-refractivity contribution in [2.45, 2.75) is 13.3 Å². The third-order valence-corrected chi connectivity index (χ3v) is 4.50. The lowest BCUT2D eigenvalue weighted by Crippen LogP contribution is -2.28. The summed E-state index contributed by atoms with van der Waals surface area (Å²) in [5.41, 5.74) is 0.956. The van der Waals surface area contributed by atoms with Gasteiger partial charge in [-0.3, -0.25) is 19.2 Å². The topological polar surface area (TPSA) is 170 Å². The average Bonchev–Trinajstić information content (AvgIpc) is 3.16. The summed E-state index contributed by atoms with van der Waals surface area (Å²) in [5.74, 6) is -2.06. The molecular formula is C18H19N3O7S. The molecular weight excluding hydrogens is 402 g/mol. The largest absolute Gasteiger partial charge is 0.481 e. The smallest absolute Gasteiger partial charge is 0.357 e. The van der Waals surface area contributed by atoms with Gasteiger partial charge in [0.15, 0.2) is 0 Å². The second kappa shape index (κ2) is 8.71. The van der Waals surface area contributed by atoms with Crippen LogP contribution in [0.5, 0.6) is 0 Å². The maximum absolute atomic E-state index is 10.8. The van der Waals surface area contributed by atoms with Gasteiger partial charge in [-0.25, -0.2) is 4.79 Å². The van der Waals surface area contributed by atoms with Crippen LogP contribution in [0.4, 0.5) is 5.69 Å². The number of anilines is 1. The SMILES string of the molecule is CC1(C(=O)O)C=CC=C(C(=O)O)C1.O=S(=O)(O)Nc1ccc(-c2cc[nH]n2)cc1. The summed E-state index contributed by atoms with van der Waals surface area (Å²) in [7, 11) is -4.22. The summed E-state index contributed by atoms with van der Waals surface area (Å²) in [6.07, 6.45) is 6.13. The van der Waals surface area contributed by atoms with E-state index in [1.54, 1.807) is 24.4 Å². The Morgan fingerprint density at radius 2 is 1.83 bits per heavy atom. The quantitative estimate of drug-likeness (QED) is 0.458. The Hall–Kier alpha value is -3.44. The van der Waals surface area contributed by atoms with E-state index in [0.717, 1.165) is 11.3 Å². The Morgan fingerprint density at radius 3 is 2.31 bits per heavy atom. The standard InChI is InChI=1S/C9H9N3O3S.C9H10O4/c13-16(14,15)12-8-3-1-7(2-4-8)9-5-6-10-11-9;1-9(8(12)13)4-2-3-6(5-9)7(10)11/h1-6,12H,(H,10,11)(H,13,14,15);2-4H,5H2,1H3,(H,10,11)(H,12,13). The molecule has 1 atom stereocenters. The normalized spacial score (nSPS) is 18.2. The maximum Gasteiger partial charge on any atom is 0.357 e. The summed E-state index contributed by atoms with van der Waals surface area (Å²) < 4.78 is 31.6. The number of hydrogen-bond acceptors (Lipinski definition) is 5. The molecule has 10 nitrogen and oxygen atoms in total. The van der Waals surface area contributed by atoms with E-state index in [1.807, 2.05) is 4.72 Å². The van der Waals surface area contributed by atoms with E-state index in [9.17, 15) is 18.0 Å². The van der Waals surface area contributed by atoms with Crippen molar-refractivity contribution in [1.82, 2.24) is 10.2 Å². The number of aromatic amines is 1. The van der Waals surface area contributed by atoms with Crippen LogP contribution in [0, 0.1) is 5.41 Å². The van der Waals surface area contributed by atoms with Crippen LogP contribution in [0.25, 0.3) is 11.3 Å². The fourth-order valence-electron chi connectivity index (χ4n) is 2.46. The van der Waals surface area contributed by atoms with Gasteiger partial charge in [-0.05, 0) is 31.5 Å². The summed E-state index contributed by atoms with van der Waals surface area (Å²) in [5, 5.41) is 24.1. The number of allylic oxidation sites excluding steroid dienone is 2. The van der Waals surface area contributed by atoms with Gasteiger partial charge in [0.1, 0.15) is 0 Å². The van der Waals surface area contributed by atoms with Crippen molar-refractivity contribution in [3.8, 4) is 11.3 Å². The third kappa shape index (κ3) is 6.30. The van der Waals surface area contributed by atoms with Crippen LogP contribution in [0.15, 0.2) is 60.3 Å². The second-order valence-electron chi connectivity index (χ2n) is 6.37. The molecule has 1 aromatic heterocycles. The summed E-state index contributed by atoms with van der Waals surface area (Å²) >= 11 is 0. The van der Waals surface area contributed by atoms with Gasteiger partial charge in [0.2, 0.25) is 0 Å². The molecule has 0 aliphatic heterocycles. The third-order valence-electron chi connectivity index (χ3n) is 4.01. The molecule has 0 saturated heterocycles. The average molecular weight is 421 g/mol. The van der Waals surface area contributed by atoms with Crippen molar-refractivity contribution >= 4 is 27.9 Å². The van der Waals surface area contributed by atoms with Crippen molar-refractivity contribution in [3.05, 3.63) is 60.3 Å². The molecule has 0 radical (unpaired) electrons. The Kier molecular flexibility index (Phi) is 6.56. The number of rotatable bonds is 5. The number of carboxylic acid groups (broad SMARTS) is 2. The number of carbonyl (C=O) groups is 2. The molecule has 0 bridgehead atoms. The molecule has 1 aromatic carbocycles. The number of nitrogens with zero attached hydrogens (tertiary/aromatic N) is 1. The Labute approximate surface area is 166 Å². The van der Waals surface area contributed by atoms with Crippen LogP contribution in [-0.2, 0) is 19.9 Å². The number of nitrogens with one attached hydrogen (secondary N) is 2. The molecule has 2 aromatic rings. The maximum atomic E-state index is 10.8. The summed E-state index contributed by atoms with van der Waals surface area (Å²) in [6, 6.07) is 8.27. The lowest BCUT2D eigenvalue weighted by Gasteiger charge is -2.23. The first kappa shape index (κ1) is 21.9. The molecule has 3 rings (SSSR count). The molecule has 0 fully saturated rings. The van der Waals surface area contributed by atoms with Crippen LogP contribution in [0.3, 0.4) is 0 Å². The zero-order valence-corrected chi connectivity index (χ0v) is 16.0. The van der Waals surface area contributed by atoms with Gasteiger partial charge in [0.25, 0.3) is 0 Å². The molecule has 0 spiro atoms.